The summed E-state index contributed by atoms with van der Waals surface area (Å²) in [5, 5.41) is 19.0. The lowest BCUT2D eigenvalue weighted by Gasteiger charge is -2.18. The van der Waals surface area contributed by atoms with Gasteiger partial charge in [-0.15, -0.1) is 0 Å². The van der Waals surface area contributed by atoms with Crippen molar-refractivity contribution in [2.24, 2.45) is 0 Å². The van der Waals surface area contributed by atoms with E-state index in [9.17, 15) is 10.1 Å². The Bertz CT molecular complexity index is 1210. The number of nitriles is 1. The maximum atomic E-state index is 12.3. The van der Waals surface area contributed by atoms with Crippen molar-refractivity contribution in [3.63, 3.8) is 0 Å². The van der Waals surface area contributed by atoms with Crippen LogP contribution in [-0.4, -0.2) is 47.5 Å². The van der Waals surface area contributed by atoms with Crippen molar-refractivity contribution in [3.05, 3.63) is 64.8 Å². The van der Waals surface area contributed by atoms with E-state index in [1.807, 2.05) is 36.2 Å². The van der Waals surface area contributed by atoms with E-state index in [-0.39, 0.29) is 19.1 Å². The van der Waals surface area contributed by atoms with Crippen LogP contribution in [0.25, 0.3) is 0 Å². The maximum Gasteiger partial charge on any atom is 0.234 e. The van der Waals surface area contributed by atoms with Crippen LogP contribution in [0.3, 0.4) is 0 Å². The molecule has 6 bridgehead atoms. The van der Waals surface area contributed by atoms with Gasteiger partial charge in [0.1, 0.15) is 24.0 Å². The summed E-state index contributed by atoms with van der Waals surface area (Å²) in [7, 11) is 1.87. The third-order valence-corrected chi connectivity index (χ3v) is 5.13. The highest BCUT2D eigenvalue weighted by Gasteiger charge is 2.12. The molecule has 3 aromatic rings. The number of carbonyl (C=O) groups excluding carboxylic acids is 1. The van der Waals surface area contributed by atoms with Crippen molar-refractivity contribution in [3.8, 4) is 11.8 Å². The summed E-state index contributed by atoms with van der Waals surface area (Å²) in [6.45, 7) is 1.47. The number of rotatable bonds is 0. The highest BCUT2D eigenvalue weighted by Crippen LogP contribution is 2.29. The fraction of sp³-hybridized carbons (Fsp3) is 0.217. The van der Waals surface area contributed by atoms with Gasteiger partial charge in [-0.3, -0.25) is 9.69 Å². The van der Waals surface area contributed by atoms with Crippen LogP contribution in [0.5, 0.6) is 5.75 Å². The summed E-state index contributed by atoms with van der Waals surface area (Å²) in [5.74, 6) is 1.10. The number of ether oxygens (including phenoxy) is 1. The van der Waals surface area contributed by atoms with Crippen LogP contribution in [0.4, 0.5) is 23.1 Å². The van der Waals surface area contributed by atoms with E-state index in [1.165, 1.54) is 6.20 Å². The first-order chi connectivity index (χ1) is 16.0. The lowest BCUT2D eigenvalue weighted by Crippen LogP contribution is -2.36. The molecule has 0 unspecified atom stereocenters. The summed E-state index contributed by atoms with van der Waals surface area (Å²) in [6.07, 6.45) is 1.46. The summed E-state index contributed by atoms with van der Waals surface area (Å²) < 4.78 is 5.68. The van der Waals surface area contributed by atoms with E-state index in [1.54, 1.807) is 18.2 Å². The summed E-state index contributed by atoms with van der Waals surface area (Å²) >= 11 is 6.34. The SMILES string of the molecule is CN1CC(=O)NCCOc2ccc(cc2Cl)Nc2ncc(C#N)c(n2)Nc2cccc(c2)C1. The van der Waals surface area contributed by atoms with Crippen LogP contribution in [0.1, 0.15) is 11.1 Å². The Morgan fingerprint density at radius 2 is 2.00 bits per heavy atom. The molecule has 10 heteroatoms. The molecule has 3 heterocycles. The highest BCUT2D eigenvalue weighted by atomic mass is 35.5. The van der Waals surface area contributed by atoms with E-state index >= 15 is 0 Å². The summed E-state index contributed by atoms with van der Waals surface area (Å²) in [5.41, 5.74) is 2.75. The fourth-order valence-electron chi connectivity index (χ4n) is 3.35. The zero-order valence-corrected chi connectivity index (χ0v) is 18.7. The number of likely N-dealkylation sites (N-methyl/N-ethyl adjacent to an activating group) is 1. The molecule has 0 saturated carbocycles. The van der Waals surface area contributed by atoms with Gasteiger partial charge in [0.2, 0.25) is 11.9 Å². The van der Waals surface area contributed by atoms with Gasteiger partial charge >= 0.3 is 0 Å². The molecule has 2 aliphatic heterocycles. The van der Waals surface area contributed by atoms with Crippen molar-refractivity contribution in [1.82, 2.24) is 20.2 Å². The van der Waals surface area contributed by atoms with Crippen LogP contribution < -0.4 is 20.7 Å². The maximum absolute atomic E-state index is 12.3. The molecule has 168 valence electrons. The Balaban J connectivity index is 1.67. The van der Waals surface area contributed by atoms with Crippen LogP contribution >= 0.6 is 11.6 Å². The Labute approximate surface area is 196 Å². The Morgan fingerprint density at radius 3 is 2.82 bits per heavy atom. The Hall–Kier alpha value is -3.87. The number of anilines is 4. The smallest absolute Gasteiger partial charge is 0.234 e. The lowest BCUT2D eigenvalue weighted by atomic mass is 10.2. The van der Waals surface area contributed by atoms with Crippen LogP contribution in [0.2, 0.25) is 5.02 Å². The molecule has 0 spiro atoms. The monoisotopic (exact) mass is 463 g/mol. The number of fused-ring (bicyclic) bond motifs is 9. The standard InChI is InChI=1S/C23H22ClN7O2/c1-31-13-15-3-2-4-17(9-15)28-22-16(11-25)12-27-23(30-22)29-18-5-6-20(19(24)10-18)33-8-7-26-21(32)14-31/h2-6,9-10,12H,7-8,13-14H2,1H3,(H,26,32)(H2,27,28,29,30). The number of nitrogens with one attached hydrogen (secondary N) is 3. The third-order valence-electron chi connectivity index (χ3n) is 4.83. The summed E-state index contributed by atoms with van der Waals surface area (Å²) in [4.78, 5) is 22.9. The molecule has 33 heavy (non-hydrogen) atoms. The number of nitrogens with zero attached hydrogens (tertiary/aromatic N) is 4. The summed E-state index contributed by atoms with van der Waals surface area (Å²) in [6, 6.07) is 15.0. The van der Waals surface area contributed by atoms with Gasteiger partial charge in [-0.2, -0.15) is 10.2 Å². The van der Waals surface area contributed by atoms with E-state index in [0.29, 0.717) is 46.9 Å². The average molecular weight is 464 g/mol. The molecule has 1 aromatic heterocycles. The van der Waals surface area contributed by atoms with Crippen LogP contribution in [0.15, 0.2) is 48.7 Å². The van der Waals surface area contributed by atoms with Crippen LogP contribution in [0, 0.1) is 11.3 Å². The Kier molecular flexibility index (Phi) is 6.88. The highest BCUT2D eigenvalue weighted by molar-refractivity contribution is 6.32. The zero-order chi connectivity index (χ0) is 23.2. The molecular formula is C23H22ClN7O2. The topological polar surface area (TPSA) is 115 Å². The predicted molar refractivity (Wildman–Crippen MR) is 126 cm³/mol. The van der Waals surface area contributed by atoms with Gasteiger partial charge in [0.15, 0.2) is 5.82 Å². The normalized spacial score (nSPS) is 14.8. The minimum absolute atomic E-state index is 0.0948. The second-order valence-corrected chi connectivity index (χ2v) is 7.94. The second-order valence-electron chi connectivity index (χ2n) is 7.53. The van der Waals surface area contributed by atoms with Crippen LogP contribution in [-0.2, 0) is 11.3 Å². The molecule has 0 atom stereocenters. The number of hydrogen-bond donors (Lipinski definition) is 3. The average Bonchev–Trinajstić information content (AvgIpc) is 2.78. The fourth-order valence-corrected chi connectivity index (χ4v) is 3.58. The molecule has 2 aromatic carbocycles. The number of aromatic nitrogens is 2. The molecule has 5 rings (SSSR count). The number of halogens is 1. The molecule has 1 amide bonds. The molecule has 2 aliphatic rings. The minimum atomic E-state index is -0.0948. The van der Waals surface area contributed by atoms with Gasteiger partial charge in [0.05, 0.1) is 24.3 Å². The molecular weight excluding hydrogens is 442 g/mol. The van der Waals surface area contributed by atoms with Crippen molar-refractivity contribution >= 4 is 40.6 Å². The first kappa shape index (κ1) is 22.3. The van der Waals surface area contributed by atoms with E-state index in [0.717, 1.165) is 11.3 Å². The quantitative estimate of drug-likeness (QED) is 0.434. The molecule has 0 fully saturated rings. The van der Waals surface area contributed by atoms with Gasteiger partial charge < -0.3 is 20.7 Å². The van der Waals surface area contributed by atoms with E-state index < -0.39 is 0 Å². The van der Waals surface area contributed by atoms with Gasteiger partial charge in [-0.05, 0) is 42.9 Å². The third kappa shape index (κ3) is 5.88. The number of amides is 1. The molecule has 0 saturated heterocycles. The lowest BCUT2D eigenvalue weighted by molar-refractivity contribution is -0.122. The van der Waals surface area contributed by atoms with Crippen molar-refractivity contribution in [1.29, 1.82) is 5.26 Å². The molecule has 3 N–H and O–H groups in total. The second kappa shape index (κ2) is 10.2. The van der Waals surface area contributed by atoms with Crippen molar-refractivity contribution in [2.75, 3.05) is 37.4 Å². The molecule has 0 radical (unpaired) electrons. The number of hydrogen-bond acceptors (Lipinski definition) is 8. The van der Waals surface area contributed by atoms with Gasteiger partial charge in [0.25, 0.3) is 0 Å². The largest absolute Gasteiger partial charge is 0.490 e. The van der Waals surface area contributed by atoms with Gasteiger partial charge in [-0.25, -0.2) is 4.98 Å². The molecule has 9 nitrogen and oxygen atoms in total. The zero-order valence-electron chi connectivity index (χ0n) is 17.9. The van der Waals surface area contributed by atoms with Gasteiger partial charge in [0, 0.05) is 17.9 Å². The number of benzene rings is 2. The van der Waals surface area contributed by atoms with Crippen molar-refractivity contribution < 1.29 is 9.53 Å². The first-order valence-electron chi connectivity index (χ1n) is 10.3. The van der Waals surface area contributed by atoms with E-state index in [2.05, 4.69) is 32.0 Å². The predicted octanol–water partition coefficient (Wildman–Crippen LogP) is 3.43. The van der Waals surface area contributed by atoms with Gasteiger partial charge in [-0.1, -0.05) is 23.7 Å². The number of carbonyl (C=O) groups is 1. The van der Waals surface area contributed by atoms with Crippen molar-refractivity contribution in [2.45, 2.75) is 6.54 Å². The first-order valence-corrected chi connectivity index (χ1v) is 10.7. The van der Waals surface area contributed by atoms with E-state index in [4.69, 9.17) is 16.3 Å². The minimum Gasteiger partial charge on any atom is -0.490 e. The Morgan fingerprint density at radius 1 is 1.15 bits per heavy atom. The molecule has 0 aliphatic carbocycles.